The van der Waals surface area contributed by atoms with Crippen molar-refractivity contribution in [3.8, 4) is 0 Å². The van der Waals surface area contributed by atoms with E-state index in [-0.39, 0.29) is 35.1 Å². The van der Waals surface area contributed by atoms with Crippen molar-refractivity contribution in [2.24, 2.45) is 0 Å². The van der Waals surface area contributed by atoms with Gasteiger partial charge in [-0.25, -0.2) is 0 Å². The number of piperidine rings is 1. The molecule has 1 N–H and O–H groups in total. The zero-order valence-electron chi connectivity index (χ0n) is 14.8. The summed E-state index contributed by atoms with van der Waals surface area (Å²) < 4.78 is 0. The molecule has 4 rings (SSSR count). The molecule has 5 nitrogen and oxygen atoms in total. The predicted octanol–water partition coefficient (Wildman–Crippen LogP) is 3.54. The van der Waals surface area contributed by atoms with Gasteiger partial charge >= 0.3 is 0 Å². The van der Waals surface area contributed by atoms with Crippen LogP contribution in [0.15, 0.2) is 36.4 Å². The fourth-order valence-electron chi connectivity index (χ4n) is 3.80. The number of hydrogen-bond acceptors (Lipinski definition) is 4. The number of carbonyl (C=O) groups is 3. The molecule has 0 bridgehead atoms. The molecule has 0 radical (unpaired) electrons. The Bertz CT molecular complexity index is 948. The lowest BCUT2D eigenvalue weighted by Crippen LogP contribution is -2.37. The molecule has 2 aromatic rings. The Hall–Kier alpha value is -2.50. The second-order valence-corrected chi connectivity index (χ2v) is 7.40. The van der Waals surface area contributed by atoms with Crippen molar-refractivity contribution in [1.29, 1.82) is 0 Å². The topological polar surface area (TPSA) is 66.5 Å². The quantitative estimate of drug-likeness (QED) is 0.752. The van der Waals surface area contributed by atoms with E-state index < -0.39 is 0 Å². The second kappa shape index (κ2) is 7.25. The first-order valence-electron chi connectivity index (χ1n) is 9.09. The zero-order valence-corrected chi connectivity index (χ0v) is 15.5. The lowest BCUT2D eigenvalue weighted by Gasteiger charge is -2.26. The summed E-state index contributed by atoms with van der Waals surface area (Å²) in [5, 5.41) is 3.11. The van der Waals surface area contributed by atoms with Crippen LogP contribution >= 0.6 is 11.6 Å². The zero-order chi connectivity index (χ0) is 19.0. The highest BCUT2D eigenvalue weighted by molar-refractivity contribution is 6.35. The van der Waals surface area contributed by atoms with Gasteiger partial charge in [-0.15, -0.1) is 0 Å². The molecule has 0 spiro atoms. The number of benzene rings is 2. The maximum Gasteiger partial charge on any atom is 0.238 e. The lowest BCUT2D eigenvalue weighted by molar-refractivity contribution is -0.117. The molecule has 27 heavy (non-hydrogen) atoms. The van der Waals surface area contributed by atoms with E-state index in [0.29, 0.717) is 21.8 Å². The number of nitrogens with zero attached hydrogens (tertiary/aromatic N) is 1. The Morgan fingerprint density at radius 1 is 0.963 bits per heavy atom. The van der Waals surface area contributed by atoms with Crippen molar-refractivity contribution in [3.63, 3.8) is 0 Å². The third kappa shape index (κ3) is 3.40. The minimum absolute atomic E-state index is 0.208. The van der Waals surface area contributed by atoms with Gasteiger partial charge in [-0.05, 0) is 38.1 Å². The van der Waals surface area contributed by atoms with Crippen LogP contribution in [0, 0.1) is 0 Å². The summed E-state index contributed by atoms with van der Waals surface area (Å²) >= 11 is 6.17. The standard InChI is InChI=1S/C21H19ClN2O3/c22-13-10-16-19(21(27)15-7-3-2-6-14(15)20(16)26)17(11-13)23-18(25)12-24-8-4-1-5-9-24/h2-3,6-7,10-11H,1,4-5,8-9,12H2,(H,23,25). The number of ketones is 2. The number of fused-ring (bicyclic) bond motifs is 2. The summed E-state index contributed by atoms with van der Waals surface area (Å²) in [5.74, 6) is -0.736. The van der Waals surface area contributed by atoms with Crippen molar-refractivity contribution in [2.45, 2.75) is 19.3 Å². The first kappa shape index (κ1) is 17.9. The van der Waals surface area contributed by atoms with Crippen molar-refractivity contribution >= 4 is 34.8 Å². The van der Waals surface area contributed by atoms with Crippen molar-refractivity contribution in [1.82, 2.24) is 4.90 Å². The SMILES string of the molecule is O=C(CN1CCCCC1)Nc1cc(Cl)cc2c1C(=O)c1ccccc1C2=O. The van der Waals surface area contributed by atoms with E-state index in [2.05, 4.69) is 10.2 Å². The molecule has 1 saturated heterocycles. The fourth-order valence-corrected chi connectivity index (χ4v) is 4.02. The molecule has 1 aliphatic heterocycles. The van der Waals surface area contributed by atoms with Crippen LogP contribution in [0.25, 0.3) is 0 Å². The molecule has 2 aromatic carbocycles. The molecular weight excluding hydrogens is 364 g/mol. The summed E-state index contributed by atoms with van der Waals surface area (Å²) in [7, 11) is 0. The second-order valence-electron chi connectivity index (χ2n) is 6.96. The van der Waals surface area contributed by atoms with E-state index in [1.807, 2.05) is 0 Å². The number of anilines is 1. The molecule has 0 unspecified atom stereocenters. The molecule has 1 fully saturated rings. The summed E-state index contributed by atoms with van der Waals surface area (Å²) in [6.07, 6.45) is 3.36. The van der Waals surface area contributed by atoms with Gasteiger partial charge < -0.3 is 5.32 Å². The van der Waals surface area contributed by atoms with Crippen LogP contribution < -0.4 is 5.32 Å². The van der Waals surface area contributed by atoms with Crippen LogP contribution in [0.2, 0.25) is 5.02 Å². The van der Waals surface area contributed by atoms with Gasteiger partial charge in [0.25, 0.3) is 0 Å². The maximum absolute atomic E-state index is 13.0. The van der Waals surface area contributed by atoms with Gasteiger partial charge in [-0.2, -0.15) is 0 Å². The van der Waals surface area contributed by atoms with Crippen molar-refractivity contribution in [2.75, 3.05) is 25.0 Å². The fraction of sp³-hybridized carbons (Fsp3) is 0.286. The molecule has 2 aliphatic rings. The molecular formula is C21H19ClN2O3. The molecule has 1 heterocycles. The lowest BCUT2D eigenvalue weighted by atomic mass is 9.83. The average Bonchev–Trinajstić information content (AvgIpc) is 2.66. The smallest absolute Gasteiger partial charge is 0.238 e. The number of amides is 1. The minimum Gasteiger partial charge on any atom is -0.324 e. The predicted molar refractivity (Wildman–Crippen MR) is 104 cm³/mol. The average molecular weight is 383 g/mol. The summed E-state index contributed by atoms with van der Waals surface area (Å²) in [6.45, 7) is 2.05. The number of rotatable bonds is 3. The van der Waals surface area contributed by atoms with Crippen molar-refractivity contribution < 1.29 is 14.4 Å². The largest absolute Gasteiger partial charge is 0.324 e. The molecule has 6 heteroatoms. The highest BCUT2D eigenvalue weighted by Crippen LogP contribution is 2.34. The molecule has 0 atom stereocenters. The first-order chi connectivity index (χ1) is 13.0. The van der Waals surface area contributed by atoms with Crippen molar-refractivity contribution in [3.05, 3.63) is 63.7 Å². The summed E-state index contributed by atoms with van der Waals surface area (Å²) in [6, 6.07) is 9.74. The molecule has 0 saturated carbocycles. The highest BCUT2D eigenvalue weighted by Gasteiger charge is 2.32. The van der Waals surface area contributed by atoms with E-state index in [1.165, 1.54) is 18.6 Å². The Balaban J connectivity index is 1.66. The van der Waals surface area contributed by atoms with Crippen LogP contribution in [0.3, 0.4) is 0 Å². The Morgan fingerprint density at radius 2 is 1.63 bits per heavy atom. The molecule has 1 amide bonds. The van der Waals surface area contributed by atoms with Crippen LogP contribution in [0.5, 0.6) is 0 Å². The van der Waals surface area contributed by atoms with Gasteiger partial charge in [-0.3, -0.25) is 19.3 Å². The summed E-state index contributed by atoms with van der Waals surface area (Å²) in [5.41, 5.74) is 1.47. The number of nitrogens with one attached hydrogen (secondary N) is 1. The number of halogens is 1. The summed E-state index contributed by atoms with van der Waals surface area (Å²) in [4.78, 5) is 40.4. The van der Waals surface area contributed by atoms with E-state index in [4.69, 9.17) is 11.6 Å². The van der Waals surface area contributed by atoms with E-state index >= 15 is 0 Å². The highest BCUT2D eigenvalue weighted by atomic mass is 35.5. The third-order valence-electron chi connectivity index (χ3n) is 5.08. The third-order valence-corrected chi connectivity index (χ3v) is 5.30. The molecule has 0 aromatic heterocycles. The Labute approximate surface area is 162 Å². The van der Waals surface area contributed by atoms with E-state index in [1.54, 1.807) is 24.3 Å². The van der Waals surface area contributed by atoms with Crippen LogP contribution in [-0.2, 0) is 4.79 Å². The van der Waals surface area contributed by atoms with Gasteiger partial charge in [0, 0.05) is 21.7 Å². The van der Waals surface area contributed by atoms with Gasteiger partial charge in [0.05, 0.1) is 17.8 Å². The Kier molecular flexibility index (Phi) is 4.81. The van der Waals surface area contributed by atoms with Crippen LogP contribution in [-0.4, -0.2) is 42.0 Å². The number of carbonyl (C=O) groups excluding carboxylic acids is 3. The van der Waals surface area contributed by atoms with Gasteiger partial charge in [0.15, 0.2) is 11.6 Å². The number of likely N-dealkylation sites (tertiary alicyclic amines) is 1. The number of hydrogen-bond donors (Lipinski definition) is 1. The molecule has 138 valence electrons. The monoisotopic (exact) mass is 382 g/mol. The van der Waals surface area contributed by atoms with Gasteiger partial charge in [0.1, 0.15) is 0 Å². The van der Waals surface area contributed by atoms with Crippen LogP contribution in [0.4, 0.5) is 5.69 Å². The molecule has 1 aliphatic carbocycles. The minimum atomic E-state index is -0.273. The van der Waals surface area contributed by atoms with E-state index in [9.17, 15) is 14.4 Å². The Morgan fingerprint density at radius 3 is 2.33 bits per heavy atom. The van der Waals surface area contributed by atoms with Gasteiger partial charge in [0.2, 0.25) is 5.91 Å². The normalized spacial score (nSPS) is 16.6. The van der Waals surface area contributed by atoms with E-state index in [0.717, 1.165) is 25.9 Å². The maximum atomic E-state index is 13.0. The first-order valence-corrected chi connectivity index (χ1v) is 9.46. The van der Waals surface area contributed by atoms with Crippen LogP contribution in [0.1, 0.15) is 51.1 Å². The van der Waals surface area contributed by atoms with Gasteiger partial charge in [-0.1, -0.05) is 42.3 Å².